The molecule has 0 saturated heterocycles. The lowest BCUT2D eigenvalue weighted by molar-refractivity contribution is -0.120. The van der Waals surface area contributed by atoms with Crippen molar-refractivity contribution < 1.29 is 9.53 Å². The van der Waals surface area contributed by atoms with E-state index in [1.807, 2.05) is 12.1 Å². The number of carbonyl (C=O) groups excluding carboxylic acids is 1. The van der Waals surface area contributed by atoms with Crippen LogP contribution in [0.2, 0.25) is 5.02 Å². The molecule has 4 heteroatoms. The van der Waals surface area contributed by atoms with Crippen molar-refractivity contribution in [2.24, 2.45) is 5.92 Å². The number of Topliss-reactive ketones (excluding diaryl/α,β-unsaturated/α-hetero) is 1. The predicted molar refractivity (Wildman–Crippen MR) is 73.9 cm³/mol. The summed E-state index contributed by atoms with van der Waals surface area (Å²) in [6.07, 6.45) is 2.24. The van der Waals surface area contributed by atoms with Gasteiger partial charge in [0.25, 0.3) is 0 Å². The highest BCUT2D eigenvalue weighted by Gasteiger charge is 2.22. The molecule has 0 N–H and O–H groups in total. The van der Waals surface area contributed by atoms with Gasteiger partial charge in [-0.3, -0.25) is 4.79 Å². The summed E-state index contributed by atoms with van der Waals surface area (Å²) < 4.78 is 5.64. The van der Waals surface area contributed by atoms with Crippen molar-refractivity contribution in [3.05, 3.63) is 28.3 Å². The van der Waals surface area contributed by atoms with Gasteiger partial charge in [-0.15, -0.1) is 11.6 Å². The Labute approximate surface area is 117 Å². The molecule has 0 radical (unpaired) electrons. The molecule has 0 amide bonds. The monoisotopic (exact) mass is 286 g/mol. The summed E-state index contributed by atoms with van der Waals surface area (Å²) in [5.74, 6) is 1.53. The zero-order valence-electron chi connectivity index (χ0n) is 10.3. The molecule has 1 aromatic rings. The topological polar surface area (TPSA) is 26.3 Å². The van der Waals surface area contributed by atoms with Gasteiger partial charge in [-0.1, -0.05) is 11.6 Å². The van der Waals surface area contributed by atoms with Crippen LogP contribution in [0.25, 0.3) is 0 Å². The van der Waals surface area contributed by atoms with Gasteiger partial charge < -0.3 is 4.74 Å². The Morgan fingerprint density at radius 2 is 2.28 bits per heavy atom. The number of ether oxygens (including phenoxy) is 1. The molecule has 2 nitrogen and oxygen atoms in total. The fourth-order valence-corrected chi connectivity index (χ4v) is 2.87. The Morgan fingerprint density at radius 1 is 1.50 bits per heavy atom. The Morgan fingerprint density at radius 3 is 2.94 bits per heavy atom. The smallest absolute Gasteiger partial charge is 0.133 e. The van der Waals surface area contributed by atoms with Gasteiger partial charge in [0, 0.05) is 23.2 Å². The minimum atomic E-state index is -0.0470. The number of hydrogen-bond acceptors (Lipinski definition) is 2. The van der Waals surface area contributed by atoms with Crippen molar-refractivity contribution in [1.29, 1.82) is 0 Å². The van der Waals surface area contributed by atoms with Crippen LogP contribution in [0.4, 0.5) is 0 Å². The number of rotatable bonds is 5. The van der Waals surface area contributed by atoms with E-state index < -0.39 is 0 Å². The van der Waals surface area contributed by atoms with E-state index >= 15 is 0 Å². The van der Waals surface area contributed by atoms with Gasteiger partial charge in [-0.25, -0.2) is 0 Å². The minimum Gasteiger partial charge on any atom is -0.493 e. The van der Waals surface area contributed by atoms with Gasteiger partial charge in [-0.2, -0.15) is 0 Å². The maximum Gasteiger partial charge on any atom is 0.133 e. The van der Waals surface area contributed by atoms with Crippen molar-refractivity contribution in [2.75, 3.05) is 12.5 Å². The molecule has 0 fully saturated rings. The maximum absolute atomic E-state index is 11.6. The average Bonchev–Trinajstić information content (AvgIpc) is 2.76. The van der Waals surface area contributed by atoms with E-state index in [1.54, 1.807) is 6.92 Å². The molecule has 1 heterocycles. The van der Waals surface area contributed by atoms with Crippen LogP contribution >= 0.6 is 23.2 Å². The lowest BCUT2D eigenvalue weighted by Crippen LogP contribution is -2.15. The lowest BCUT2D eigenvalue weighted by atomic mass is 9.92. The number of carbonyl (C=O) groups is 1. The summed E-state index contributed by atoms with van der Waals surface area (Å²) >= 11 is 11.8. The molecule has 2 rings (SSSR count). The van der Waals surface area contributed by atoms with Crippen LogP contribution in [0.1, 0.15) is 24.5 Å². The molecule has 0 bridgehead atoms. The third-order valence-electron chi connectivity index (χ3n) is 3.32. The Hall–Kier alpha value is -0.730. The number of alkyl halides is 1. The average molecular weight is 287 g/mol. The van der Waals surface area contributed by atoms with Gasteiger partial charge >= 0.3 is 0 Å². The summed E-state index contributed by atoms with van der Waals surface area (Å²) in [5.41, 5.74) is 2.17. The van der Waals surface area contributed by atoms with E-state index in [0.29, 0.717) is 30.4 Å². The van der Waals surface area contributed by atoms with E-state index in [1.165, 1.54) is 0 Å². The molecule has 1 unspecified atom stereocenters. The van der Waals surface area contributed by atoms with Crippen molar-refractivity contribution in [2.45, 2.75) is 26.2 Å². The summed E-state index contributed by atoms with van der Waals surface area (Å²) in [6, 6.07) is 3.84. The minimum absolute atomic E-state index is 0.0470. The summed E-state index contributed by atoms with van der Waals surface area (Å²) in [4.78, 5) is 11.6. The molecule has 1 atom stereocenters. The molecule has 0 spiro atoms. The Bertz CT molecular complexity index is 457. The second-order valence-corrected chi connectivity index (χ2v) is 5.46. The molecule has 98 valence electrons. The molecule has 18 heavy (non-hydrogen) atoms. The van der Waals surface area contributed by atoms with Gasteiger partial charge in [0.15, 0.2) is 0 Å². The standard InChI is InChI=1S/C14H16Cl2O2/c1-9(17)10(2-4-15)6-12-8-13(16)7-11-3-5-18-14(11)12/h7-8,10H,2-6H2,1H3. The van der Waals surface area contributed by atoms with Gasteiger partial charge in [0.1, 0.15) is 11.5 Å². The number of fused-ring (bicyclic) bond motifs is 1. The first-order chi connectivity index (χ1) is 8.61. The SMILES string of the molecule is CC(=O)C(CCCl)Cc1cc(Cl)cc2c1OCC2. The second kappa shape index (κ2) is 5.94. The first-order valence-electron chi connectivity index (χ1n) is 6.12. The number of hydrogen-bond donors (Lipinski definition) is 0. The summed E-state index contributed by atoms with van der Waals surface area (Å²) in [6.45, 7) is 2.31. The molecule has 1 aliphatic rings. The van der Waals surface area contributed by atoms with E-state index in [9.17, 15) is 4.79 Å². The van der Waals surface area contributed by atoms with Crippen LogP contribution in [0, 0.1) is 5.92 Å². The molecule has 0 saturated carbocycles. The highest BCUT2D eigenvalue weighted by atomic mass is 35.5. The van der Waals surface area contributed by atoms with Gasteiger partial charge in [-0.05, 0) is 43.0 Å². The first-order valence-corrected chi connectivity index (χ1v) is 7.03. The maximum atomic E-state index is 11.6. The lowest BCUT2D eigenvalue weighted by Gasteiger charge is -2.15. The van der Waals surface area contributed by atoms with Crippen LogP contribution in [-0.2, 0) is 17.6 Å². The molecule has 0 aliphatic carbocycles. The van der Waals surface area contributed by atoms with Crippen molar-refractivity contribution in [3.63, 3.8) is 0 Å². The third-order valence-corrected chi connectivity index (χ3v) is 3.76. The van der Waals surface area contributed by atoms with Gasteiger partial charge in [0.05, 0.1) is 6.61 Å². The molecular formula is C14H16Cl2O2. The number of halogens is 2. The van der Waals surface area contributed by atoms with Crippen LogP contribution in [-0.4, -0.2) is 18.3 Å². The zero-order chi connectivity index (χ0) is 13.1. The van der Waals surface area contributed by atoms with E-state index in [0.717, 1.165) is 23.3 Å². The van der Waals surface area contributed by atoms with Crippen LogP contribution in [0.5, 0.6) is 5.75 Å². The predicted octanol–water partition coefficient (Wildman–Crippen LogP) is 3.65. The summed E-state index contributed by atoms with van der Waals surface area (Å²) in [7, 11) is 0. The normalized spacial score (nSPS) is 15.1. The van der Waals surface area contributed by atoms with E-state index in [2.05, 4.69) is 0 Å². The Kier molecular flexibility index (Phi) is 4.52. The van der Waals surface area contributed by atoms with Crippen molar-refractivity contribution in [3.8, 4) is 5.75 Å². The van der Waals surface area contributed by atoms with E-state index in [-0.39, 0.29) is 11.7 Å². The highest BCUT2D eigenvalue weighted by Crippen LogP contribution is 2.34. The zero-order valence-corrected chi connectivity index (χ0v) is 11.9. The Balaban J connectivity index is 2.25. The number of benzene rings is 1. The molecular weight excluding hydrogens is 271 g/mol. The molecule has 0 aromatic heterocycles. The van der Waals surface area contributed by atoms with Crippen LogP contribution in [0.15, 0.2) is 12.1 Å². The fourth-order valence-electron chi connectivity index (χ4n) is 2.34. The fraction of sp³-hybridized carbons (Fsp3) is 0.500. The van der Waals surface area contributed by atoms with E-state index in [4.69, 9.17) is 27.9 Å². The third kappa shape index (κ3) is 2.99. The molecule has 1 aromatic carbocycles. The largest absolute Gasteiger partial charge is 0.493 e. The van der Waals surface area contributed by atoms with Crippen molar-refractivity contribution >= 4 is 29.0 Å². The first kappa shape index (κ1) is 13.7. The number of ketones is 1. The molecule has 1 aliphatic heterocycles. The summed E-state index contributed by atoms with van der Waals surface area (Å²) in [5, 5.41) is 0.711. The van der Waals surface area contributed by atoms with Gasteiger partial charge in [0.2, 0.25) is 0 Å². The van der Waals surface area contributed by atoms with Crippen molar-refractivity contribution in [1.82, 2.24) is 0 Å². The second-order valence-electron chi connectivity index (χ2n) is 4.64. The quantitative estimate of drug-likeness (QED) is 0.773. The van der Waals surface area contributed by atoms with Crippen LogP contribution < -0.4 is 4.74 Å². The highest BCUT2D eigenvalue weighted by molar-refractivity contribution is 6.30. The van der Waals surface area contributed by atoms with Crippen LogP contribution in [0.3, 0.4) is 0 Å².